The van der Waals surface area contributed by atoms with Gasteiger partial charge in [-0.25, -0.2) is 0 Å². The average Bonchev–Trinajstić information content (AvgIpc) is 2.35. The van der Waals surface area contributed by atoms with Gasteiger partial charge in [0.05, 0.1) is 0 Å². The second kappa shape index (κ2) is 6.70. The lowest BCUT2D eigenvalue weighted by Gasteiger charge is -2.11. The Balaban J connectivity index is 3.01. The smallest absolute Gasteiger partial charge is 0.0175 e. The van der Waals surface area contributed by atoms with Gasteiger partial charge in [-0.1, -0.05) is 62.0 Å². The topological polar surface area (TPSA) is 0 Å². The van der Waals surface area contributed by atoms with E-state index in [2.05, 4.69) is 58.5 Å². The van der Waals surface area contributed by atoms with Crippen molar-refractivity contribution in [1.29, 1.82) is 0 Å². The Hall–Kier alpha value is -0.950. The van der Waals surface area contributed by atoms with E-state index in [0.717, 1.165) is 0 Å². The van der Waals surface area contributed by atoms with Crippen LogP contribution in [-0.2, 0) is 0 Å². The number of hydrogen-bond donors (Lipinski definition) is 0. The van der Waals surface area contributed by atoms with Crippen molar-refractivity contribution in [3.05, 3.63) is 53.0 Å². The van der Waals surface area contributed by atoms with Crippen LogP contribution in [0.15, 0.2) is 41.8 Å². The normalized spacial score (nSPS) is 12.0. The van der Waals surface area contributed by atoms with E-state index in [9.17, 15) is 0 Å². The van der Waals surface area contributed by atoms with Crippen LogP contribution in [0.5, 0.6) is 0 Å². The van der Waals surface area contributed by atoms with Gasteiger partial charge in [-0.3, -0.25) is 0 Å². The van der Waals surface area contributed by atoms with E-state index in [1.54, 1.807) is 11.8 Å². The maximum Gasteiger partial charge on any atom is 0.0175 e. The van der Waals surface area contributed by atoms with Crippen molar-refractivity contribution in [2.45, 2.75) is 40.0 Å². The molecule has 0 radical (unpaired) electrons. The van der Waals surface area contributed by atoms with Crippen molar-refractivity contribution in [1.82, 2.24) is 0 Å². The number of thioether (sulfide) groups is 1. The summed E-state index contributed by atoms with van der Waals surface area (Å²) >= 11 is 1.70. The van der Waals surface area contributed by atoms with Gasteiger partial charge in [-0.15, -0.1) is 0 Å². The van der Waals surface area contributed by atoms with E-state index in [1.165, 1.54) is 28.0 Å². The molecule has 0 heterocycles. The van der Waals surface area contributed by atoms with E-state index in [-0.39, 0.29) is 0 Å². The maximum atomic E-state index is 3.80. The standard InChI is InChI=1S/C16H22S/c1-6-13(5)14-8-10-15(11-9-14)16(12(3)4)17-7-2/h7-11,13H,2,6H2,1,3-5H3. The Morgan fingerprint density at radius 1 is 1.29 bits per heavy atom. The molecular weight excluding hydrogens is 224 g/mol. The van der Waals surface area contributed by atoms with Gasteiger partial charge in [0.2, 0.25) is 0 Å². The molecule has 0 amide bonds. The molecule has 0 aromatic heterocycles. The third-order valence-corrected chi connectivity index (χ3v) is 4.06. The number of allylic oxidation sites excluding steroid dienone is 1. The van der Waals surface area contributed by atoms with Gasteiger partial charge >= 0.3 is 0 Å². The summed E-state index contributed by atoms with van der Waals surface area (Å²) < 4.78 is 0. The molecular formula is C16H22S. The van der Waals surface area contributed by atoms with Gasteiger partial charge in [0.15, 0.2) is 0 Å². The van der Waals surface area contributed by atoms with Crippen molar-refractivity contribution in [2.75, 3.05) is 0 Å². The quantitative estimate of drug-likeness (QED) is 0.630. The first kappa shape index (κ1) is 14.1. The fraction of sp³-hybridized carbons (Fsp3) is 0.375. The van der Waals surface area contributed by atoms with Crippen LogP contribution in [0.2, 0.25) is 0 Å². The minimum atomic E-state index is 0.645. The van der Waals surface area contributed by atoms with Gasteiger partial charge < -0.3 is 0 Å². The van der Waals surface area contributed by atoms with Crippen LogP contribution in [0, 0.1) is 0 Å². The number of benzene rings is 1. The fourth-order valence-electron chi connectivity index (χ4n) is 1.76. The zero-order chi connectivity index (χ0) is 12.8. The maximum absolute atomic E-state index is 3.80. The molecule has 0 bridgehead atoms. The highest BCUT2D eigenvalue weighted by molar-refractivity contribution is 8.10. The van der Waals surface area contributed by atoms with E-state index < -0.39 is 0 Å². The summed E-state index contributed by atoms with van der Waals surface area (Å²) in [5.74, 6) is 0.645. The predicted molar refractivity (Wildman–Crippen MR) is 81.2 cm³/mol. The van der Waals surface area contributed by atoms with Crippen LogP contribution < -0.4 is 0 Å². The summed E-state index contributed by atoms with van der Waals surface area (Å²) in [6, 6.07) is 8.94. The zero-order valence-corrected chi connectivity index (χ0v) is 12.1. The monoisotopic (exact) mass is 246 g/mol. The van der Waals surface area contributed by atoms with E-state index in [1.807, 2.05) is 5.41 Å². The SMILES string of the molecule is C=CSC(=C(C)C)c1ccc(C(C)CC)cc1. The molecule has 1 unspecified atom stereocenters. The minimum Gasteiger partial charge on any atom is -0.0981 e. The van der Waals surface area contributed by atoms with Crippen LogP contribution in [0.25, 0.3) is 4.91 Å². The molecule has 1 aromatic rings. The second-order valence-electron chi connectivity index (χ2n) is 4.54. The van der Waals surface area contributed by atoms with Gasteiger partial charge in [0.25, 0.3) is 0 Å². The van der Waals surface area contributed by atoms with Crippen LogP contribution >= 0.6 is 11.8 Å². The van der Waals surface area contributed by atoms with Crippen LogP contribution in [0.3, 0.4) is 0 Å². The lowest BCUT2D eigenvalue weighted by atomic mass is 9.97. The fourth-order valence-corrected chi connectivity index (χ4v) is 2.43. The van der Waals surface area contributed by atoms with Gasteiger partial charge in [-0.05, 0) is 42.7 Å². The van der Waals surface area contributed by atoms with Crippen LogP contribution in [-0.4, -0.2) is 0 Å². The lowest BCUT2D eigenvalue weighted by molar-refractivity contribution is 0.733. The van der Waals surface area contributed by atoms with Crippen LogP contribution in [0.1, 0.15) is 51.2 Å². The highest BCUT2D eigenvalue weighted by Gasteiger charge is 2.06. The molecule has 1 aromatic carbocycles. The number of rotatable bonds is 5. The molecule has 0 saturated heterocycles. The zero-order valence-electron chi connectivity index (χ0n) is 11.3. The molecule has 0 fully saturated rings. The first-order valence-electron chi connectivity index (χ1n) is 6.15. The van der Waals surface area contributed by atoms with E-state index in [0.29, 0.717) is 5.92 Å². The van der Waals surface area contributed by atoms with Crippen molar-refractivity contribution < 1.29 is 0 Å². The van der Waals surface area contributed by atoms with Crippen molar-refractivity contribution in [3.63, 3.8) is 0 Å². The molecule has 0 spiro atoms. The Morgan fingerprint density at radius 3 is 2.29 bits per heavy atom. The first-order chi connectivity index (χ1) is 8.10. The molecule has 1 heteroatoms. The predicted octanol–water partition coefficient (Wildman–Crippen LogP) is 5.83. The molecule has 0 nitrogen and oxygen atoms in total. The molecule has 92 valence electrons. The molecule has 0 aliphatic carbocycles. The first-order valence-corrected chi connectivity index (χ1v) is 7.03. The summed E-state index contributed by atoms with van der Waals surface area (Å²) in [5.41, 5.74) is 4.06. The summed E-state index contributed by atoms with van der Waals surface area (Å²) in [6.45, 7) is 12.6. The Labute approximate surface area is 110 Å². The average molecular weight is 246 g/mol. The Bertz CT molecular complexity index is 394. The summed E-state index contributed by atoms with van der Waals surface area (Å²) in [7, 11) is 0. The van der Waals surface area contributed by atoms with Crippen LogP contribution in [0.4, 0.5) is 0 Å². The lowest BCUT2D eigenvalue weighted by Crippen LogP contribution is -1.91. The molecule has 0 aliphatic rings. The number of hydrogen-bond acceptors (Lipinski definition) is 1. The van der Waals surface area contributed by atoms with Gasteiger partial charge in [-0.2, -0.15) is 0 Å². The van der Waals surface area contributed by atoms with Crippen molar-refractivity contribution >= 4 is 16.7 Å². The molecule has 1 rings (SSSR count). The molecule has 17 heavy (non-hydrogen) atoms. The minimum absolute atomic E-state index is 0.645. The largest absolute Gasteiger partial charge is 0.0981 e. The molecule has 1 atom stereocenters. The highest BCUT2D eigenvalue weighted by atomic mass is 32.2. The Morgan fingerprint density at radius 2 is 1.88 bits per heavy atom. The summed E-state index contributed by atoms with van der Waals surface area (Å²) in [6.07, 6.45) is 1.19. The summed E-state index contributed by atoms with van der Waals surface area (Å²) in [5, 5.41) is 1.89. The third kappa shape index (κ3) is 3.78. The van der Waals surface area contributed by atoms with E-state index >= 15 is 0 Å². The van der Waals surface area contributed by atoms with E-state index in [4.69, 9.17) is 0 Å². The molecule has 0 aliphatic heterocycles. The van der Waals surface area contributed by atoms with Crippen molar-refractivity contribution in [3.8, 4) is 0 Å². The second-order valence-corrected chi connectivity index (χ2v) is 5.52. The van der Waals surface area contributed by atoms with Crippen molar-refractivity contribution in [2.24, 2.45) is 0 Å². The van der Waals surface area contributed by atoms with Gasteiger partial charge in [0.1, 0.15) is 0 Å². The third-order valence-electron chi connectivity index (χ3n) is 3.01. The van der Waals surface area contributed by atoms with Gasteiger partial charge in [0, 0.05) is 4.91 Å². The Kier molecular flexibility index (Phi) is 5.57. The summed E-state index contributed by atoms with van der Waals surface area (Å²) in [4.78, 5) is 1.32. The highest BCUT2D eigenvalue weighted by Crippen LogP contribution is 2.32. The molecule has 0 N–H and O–H groups in total. The molecule has 0 saturated carbocycles.